The van der Waals surface area contributed by atoms with Crippen molar-refractivity contribution in [1.82, 2.24) is 5.01 Å². The zero-order chi connectivity index (χ0) is 23.9. The van der Waals surface area contributed by atoms with Crippen molar-refractivity contribution in [2.45, 2.75) is 26.3 Å². The van der Waals surface area contributed by atoms with E-state index in [-0.39, 0.29) is 6.61 Å². The molecule has 8 nitrogen and oxygen atoms in total. The number of benzene rings is 2. The lowest BCUT2D eigenvalue weighted by Crippen LogP contribution is -2.32. The largest absolute Gasteiger partial charge is 0.490 e. The molecule has 1 amide bonds. The number of ether oxygens (including phenoxy) is 3. The van der Waals surface area contributed by atoms with Gasteiger partial charge < -0.3 is 18.6 Å². The first-order valence-electron chi connectivity index (χ1n) is 11.1. The summed E-state index contributed by atoms with van der Waals surface area (Å²) in [5, 5.41) is 5.86. The molecule has 4 rings (SSSR count). The Morgan fingerprint density at radius 2 is 1.74 bits per heavy atom. The molecule has 0 spiro atoms. The van der Waals surface area contributed by atoms with Crippen LogP contribution in [0.2, 0.25) is 0 Å². The molecule has 1 aliphatic rings. The van der Waals surface area contributed by atoms with Crippen LogP contribution in [-0.4, -0.2) is 42.4 Å². The van der Waals surface area contributed by atoms with Gasteiger partial charge in [0.2, 0.25) is 0 Å². The van der Waals surface area contributed by atoms with E-state index in [0.717, 1.165) is 16.8 Å². The molecule has 1 atom stereocenters. The van der Waals surface area contributed by atoms with Crippen LogP contribution in [0.4, 0.5) is 0 Å². The first-order valence-corrected chi connectivity index (χ1v) is 11.1. The van der Waals surface area contributed by atoms with Crippen molar-refractivity contribution in [3.8, 4) is 11.5 Å². The molecule has 3 aromatic rings. The molecule has 0 radical (unpaired) electrons. The van der Waals surface area contributed by atoms with Gasteiger partial charge in [-0.3, -0.25) is 4.79 Å². The number of hydrazone groups is 1. The van der Waals surface area contributed by atoms with Gasteiger partial charge in [-0.05, 0) is 43.7 Å². The number of carbonyl (C=O) groups excluding carboxylic acids is 2. The highest BCUT2D eigenvalue weighted by Gasteiger charge is 2.35. The van der Waals surface area contributed by atoms with Crippen molar-refractivity contribution in [3.05, 3.63) is 83.8 Å². The molecule has 176 valence electrons. The zero-order valence-corrected chi connectivity index (χ0v) is 19.1. The minimum absolute atomic E-state index is 0.350. The number of rotatable bonds is 9. The third-order valence-electron chi connectivity index (χ3n) is 5.27. The van der Waals surface area contributed by atoms with Crippen LogP contribution in [-0.2, 0) is 14.3 Å². The molecule has 0 bridgehead atoms. The summed E-state index contributed by atoms with van der Waals surface area (Å²) in [5.41, 5.74) is 2.82. The van der Waals surface area contributed by atoms with E-state index < -0.39 is 24.5 Å². The second kappa shape index (κ2) is 10.7. The van der Waals surface area contributed by atoms with Crippen LogP contribution in [0, 0.1) is 6.92 Å². The predicted octanol–water partition coefficient (Wildman–Crippen LogP) is 4.29. The monoisotopic (exact) mass is 462 g/mol. The summed E-state index contributed by atoms with van der Waals surface area (Å²) in [6, 6.07) is 18.1. The average Bonchev–Trinajstić information content (AvgIpc) is 3.53. The van der Waals surface area contributed by atoms with E-state index in [2.05, 4.69) is 5.10 Å². The molecule has 1 aromatic heterocycles. The van der Waals surface area contributed by atoms with Gasteiger partial charge in [0.1, 0.15) is 11.8 Å². The Bertz CT molecular complexity index is 1150. The minimum Gasteiger partial charge on any atom is -0.490 e. The highest BCUT2D eigenvalue weighted by molar-refractivity contribution is 6.03. The van der Waals surface area contributed by atoms with Crippen LogP contribution in [0.3, 0.4) is 0 Å². The summed E-state index contributed by atoms with van der Waals surface area (Å²) in [6.07, 6.45) is 2.05. The molecule has 0 N–H and O–H groups in total. The number of carbonyl (C=O) groups is 2. The first-order chi connectivity index (χ1) is 16.5. The standard InChI is InChI=1S/C26H26N2O6/c1-3-31-23-7-4-5-8-24(23)33-17-26(30)34-16-25(29)28-21(22-9-6-14-32-22)15-20(27-28)19-12-10-18(2)11-13-19/h4-14,21H,3,15-17H2,1-2H3. The summed E-state index contributed by atoms with van der Waals surface area (Å²) < 4.78 is 21.7. The second-order valence-electron chi connectivity index (χ2n) is 7.72. The van der Waals surface area contributed by atoms with Gasteiger partial charge in [-0.1, -0.05) is 42.0 Å². The number of furan rings is 1. The van der Waals surface area contributed by atoms with E-state index in [1.807, 2.05) is 44.2 Å². The molecular formula is C26H26N2O6. The van der Waals surface area contributed by atoms with Gasteiger partial charge in [-0.2, -0.15) is 5.10 Å². The van der Waals surface area contributed by atoms with E-state index >= 15 is 0 Å². The molecule has 34 heavy (non-hydrogen) atoms. The van der Waals surface area contributed by atoms with E-state index in [1.54, 1.807) is 36.6 Å². The van der Waals surface area contributed by atoms with E-state index in [9.17, 15) is 9.59 Å². The fraction of sp³-hybridized carbons (Fsp3) is 0.269. The smallest absolute Gasteiger partial charge is 0.344 e. The van der Waals surface area contributed by atoms with Crippen molar-refractivity contribution >= 4 is 17.6 Å². The van der Waals surface area contributed by atoms with Crippen molar-refractivity contribution in [2.75, 3.05) is 19.8 Å². The Morgan fingerprint density at radius 3 is 2.41 bits per heavy atom. The molecular weight excluding hydrogens is 436 g/mol. The fourth-order valence-electron chi connectivity index (χ4n) is 3.59. The molecule has 0 saturated carbocycles. The van der Waals surface area contributed by atoms with E-state index in [4.69, 9.17) is 18.6 Å². The number of amides is 1. The lowest BCUT2D eigenvalue weighted by atomic mass is 10.0. The summed E-state index contributed by atoms with van der Waals surface area (Å²) in [6.45, 7) is 3.53. The van der Waals surface area contributed by atoms with Gasteiger partial charge in [0, 0.05) is 6.42 Å². The van der Waals surface area contributed by atoms with Crippen molar-refractivity contribution in [3.63, 3.8) is 0 Å². The minimum atomic E-state index is -0.670. The maximum absolute atomic E-state index is 12.9. The Morgan fingerprint density at radius 1 is 1.00 bits per heavy atom. The average molecular weight is 463 g/mol. The summed E-state index contributed by atoms with van der Waals surface area (Å²) in [5.74, 6) is 0.451. The van der Waals surface area contributed by atoms with Gasteiger partial charge in [0.05, 0.1) is 18.6 Å². The van der Waals surface area contributed by atoms with E-state index in [1.165, 1.54) is 5.01 Å². The van der Waals surface area contributed by atoms with Crippen molar-refractivity contribution in [1.29, 1.82) is 0 Å². The third-order valence-corrected chi connectivity index (χ3v) is 5.27. The maximum atomic E-state index is 12.9. The Hall–Kier alpha value is -4.07. The topological polar surface area (TPSA) is 90.6 Å². The van der Waals surface area contributed by atoms with Crippen LogP contribution >= 0.6 is 0 Å². The lowest BCUT2D eigenvalue weighted by Gasteiger charge is -2.19. The van der Waals surface area contributed by atoms with Crippen molar-refractivity contribution in [2.24, 2.45) is 5.10 Å². The molecule has 0 saturated heterocycles. The number of hydrogen-bond donors (Lipinski definition) is 0. The first kappa shape index (κ1) is 23.1. The number of aryl methyl sites for hydroxylation is 1. The Labute approximate surface area is 197 Å². The number of esters is 1. The third kappa shape index (κ3) is 5.46. The van der Waals surface area contributed by atoms with Crippen LogP contribution in [0.1, 0.15) is 36.3 Å². The number of para-hydroxylation sites is 2. The molecule has 0 fully saturated rings. The Balaban J connectivity index is 1.39. The SMILES string of the molecule is CCOc1ccccc1OCC(=O)OCC(=O)N1N=C(c2ccc(C)cc2)CC1c1ccco1. The van der Waals surface area contributed by atoms with E-state index in [0.29, 0.717) is 30.3 Å². The van der Waals surface area contributed by atoms with Crippen LogP contribution in [0.5, 0.6) is 11.5 Å². The quantitative estimate of drug-likeness (QED) is 0.441. The van der Waals surface area contributed by atoms with Crippen LogP contribution in [0.15, 0.2) is 76.4 Å². The second-order valence-corrected chi connectivity index (χ2v) is 7.72. The van der Waals surface area contributed by atoms with Gasteiger partial charge >= 0.3 is 5.97 Å². The zero-order valence-electron chi connectivity index (χ0n) is 19.1. The summed E-state index contributed by atoms with van der Waals surface area (Å²) in [4.78, 5) is 25.2. The van der Waals surface area contributed by atoms with Crippen LogP contribution < -0.4 is 9.47 Å². The summed E-state index contributed by atoms with van der Waals surface area (Å²) in [7, 11) is 0. The molecule has 1 unspecified atom stereocenters. The Kier molecular flexibility index (Phi) is 7.27. The van der Waals surface area contributed by atoms with Crippen LogP contribution in [0.25, 0.3) is 0 Å². The number of hydrogen-bond acceptors (Lipinski definition) is 7. The van der Waals surface area contributed by atoms with Gasteiger partial charge in [0.15, 0.2) is 24.7 Å². The molecule has 8 heteroatoms. The maximum Gasteiger partial charge on any atom is 0.344 e. The van der Waals surface area contributed by atoms with Gasteiger partial charge in [0.25, 0.3) is 5.91 Å². The van der Waals surface area contributed by atoms with Gasteiger partial charge in [-0.25, -0.2) is 9.80 Å². The molecule has 2 heterocycles. The number of nitrogens with zero attached hydrogens (tertiary/aromatic N) is 2. The highest BCUT2D eigenvalue weighted by Crippen LogP contribution is 2.33. The van der Waals surface area contributed by atoms with Crippen molar-refractivity contribution < 1.29 is 28.2 Å². The molecule has 1 aliphatic heterocycles. The molecule has 2 aromatic carbocycles. The fourth-order valence-corrected chi connectivity index (χ4v) is 3.59. The summed E-state index contributed by atoms with van der Waals surface area (Å²) >= 11 is 0. The van der Waals surface area contributed by atoms with Gasteiger partial charge in [-0.15, -0.1) is 0 Å². The molecule has 0 aliphatic carbocycles. The predicted molar refractivity (Wildman–Crippen MR) is 125 cm³/mol. The normalized spacial score (nSPS) is 15.1. The lowest BCUT2D eigenvalue weighted by molar-refractivity contribution is -0.154. The highest BCUT2D eigenvalue weighted by atomic mass is 16.6.